The number of fused-ring (bicyclic) bond motifs is 10. The lowest BCUT2D eigenvalue weighted by molar-refractivity contribution is 1.17. The van der Waals surface area contributed by atoms with Gasteiger partial charge in [0.1, 0.15) is 0 Å². The van der Waals surface area contributed by atoms with Crippen LogP contribution in [-0.2, 0) is 0 Å². The van der Waals surface area contributed by atoms with Gasteiger partial charge >= 0.3 is 0 Å². The fourth-order valence-corrected chi connectivity index (χ4v) is 16.1. The van der Waals surface area contributed by atoms with Crippen molar-refractivity contribution >= 4 is 94.2 Å². The maximum absolute atomic E-state index is 3.09. The van der Waals surface area contributed by atoms with E-state index in [0.29, 0.717) is 0 Å². The average molecular weight is 832 g/mol. The molecule has 0 aliphatic rings. The van der Waals surface area contributed by atoms with Crippen LogP contribution in [-0.4, -0.2) is 21.8 Å². The monoisotopic (exact) mass is 831 g/mol. The lowest BCUT2D eigenvalue weighted by Gasteiger charge is -2.35. The fraction of sp³-hybridized carbons (Fsp3) is 0. The molecular weight excluding hydrogens is 791 g/mol. The second-order valence-electron chi connectivity index (χ2n) is 16.8. The van der Waals surface area contributed by atoms with Gasteiger partial charge in [-0.25, -0.2) is 0 Å². The Kier molecular flexibility index (Phi) is 8.23. The van der Waals surface area contributed by atoms with E-state index >= 15 is 0 Å². The summed E-state index contributed by atoms with van der Waals surface area (Å²) < 4.78 is 7.39. The molecule has 0 atom stereocenters. The van der Waals surface area contributed by atoms with Gasteiger partial charge in [-0.15, -0.1) is 0 Å². The van der Waals surface area contributed by atoms with Gasteiger partial charge in [-0.3, -0.25) is 0 Å². The second kappa shape index (κ2) is 14.5. The molecule has 3 nitrogen and oxygen atoms in total. The highest BCUT2D eigenvalue weighted by Gasteiger charge is 2.43. The molecule has 0 radical (unpaired) electrons. The molecule has 0 spiro atoms. The van der Waals surface area contributed by atoms with Gasteiger partial charge in [-0.1, -0.05) is 176 Å². The number of aromatic nitrogens is 3. The minimum Gasteiger partial charge on any atom is -0.309 e. The second-order valence-corrected chi connectivity index (χ2v) is 20.6. The van der Waals surface area contributed by atoms with Crippen LogP contribution in [0.5, 0.6) is 0 Å². The number of hydrogen-bond donors (Lipinski definition) is 0. The van der Waals surface area contributed by atoms with Crippen molar-refractivity contribution in [1.29, 1.82) is 0 Å². The highest BCUT2D eigenvalue weighted by Crippen LogP contribution is 2.42. The zero-order valence-electron chi connectivity index (χ0n) is 35.0. The summed E-state index contributed by atoms with van der Waals surface area (Å²) in [7, 11) is -3.09. The van der Waals surface area contributed by atoms with E-state index in [2.05, 4.69) is 262 Å². The van der Waals surface area contributed by atoms with Crippen molar-refractivity contribution in [1.82, 2.24) is 13.7 Å². The maximum atomic E-state index is 2.52. The summed E-state index contributed by atoms with van der Waals surface area (Å²) in [5.41, 5.74) is 10.7. The third-order valence-corrected chi connectivity index (χ3v) is 18.4. The van der Waals surface area contributed by atoms with Gasteiger partial charge in [0, 0.05) is 49.4 Å². The van der Waals surface area contributed by atoms with Gasteiger partial charge in [-0.05, 0) is 93.5 Å². The normalized spacial score (nSPS) is 12.1. The zero-order chi connectivity index (χ0) is 42.2. The van der Waals surface area contributed by atoms with Crippen LogP contribution in [0.25, 0.3) is 82.5 Å². The highest BCUT2D eigenvalue weighted by atomic mass is 28.3. The van der Waals surface area contributed by atoms with E-state index in [1.54, 1.807) is 0 Å². The first-order valence-corrected chi connectivity index (χ1v) is 24.1. The standard InChI is InChI=1S/C60H41N3Si/c1-5-21-42(22-6-1)61-51-34-16-13-31-48(51)58-54(61)37-20-38-57(58)64(45-26-9-3-10-27-45,46-28-11-4-12-29-46)47-30-19-25-44(41-47)63-53-36-18-15-33-50(53)60-56(63)40-39-55-59(60)49-32-14-17-35-52(49)62(55)43-23-7-2-8-24-43/h1-41H. The van der Waals surface area contributed by atoms with Crippen molar-refractivity contribution in [2.45, 2.75) is 0 Å². The lowest BCUT2D eigenvalue weighted by atomic mass is 10.1. The molecule has 0 bridgehead atoms. The molecular formula is C60H41N3Si. The van der Waals surface area contributed by atoms with Crippen LogP contribution in [0.15, 0.2) is 249 Å². The summed E-state index contributed by atoms with van der Waals surface area (Å²) in [6.07, 6.45) is 0. The summed E-state index contributed by atoms with van der Waals surface area (Å²) in [6, 6.07) is 92.3. The van der Waals surface area contributed by atoms with Crippen molar-refractivity contribution in [3.8, 4) is 17.1 Å². The third-order valence-electron chi connectivity index (χ3n) is 13.6. The predicted molar refractivity (Wildman–Crippen MR) is 273 cm³/mol. The molecule has 0 unspecified atom stereocenters. The van der Waals surface area contributed by atoms with Crippen LogP contribution >= 0.6 is 0 Å². The molecule has 0 aliphatic heterocycles. The van der Waals surface area contributed by atoms with Crippen LogP contribution < -0.4 is 20.7 Å². The Morgan fingerprint density at radius 1 is 0.234 bits per heavy atom. The van der Waals surface area contributed by atoms with E-state index in [4.69, 9.17) is 0 Å². The molecule has 0 N–H and O–H groups in total. The van der Waals surface area contributed by atoms with E-state index in [1.165, 1.54) is 86.2 Å². The molecule has 0 fully saturated rings. The van der Waals surface area contributed by atoms with Gasteiger partial charge in [0.2, 0.25) is 0 Å². The number of nitrogens with zero attached hydrogens (tertiary/aromatic N) is 3. The molecule has 3 aromatic heterocycles. The Morgan fingerprint density at radius 2 is 0.578 bits per heavy atom. The first-order valence-electron chi connectivity index (χ1n) is 22.1. The zero-order valence-corrected chi connectivity index (χ0v) is 36.0. The molecule has 10 aromatic carbocycles. The van der Waals surface area contributed by atoms with Crippen molar-refractivity contribution in [2.24, 2.45) is 0 Å². The van der Waals surface area contributed by atoms with Crippen molar-refractivity contribution in [3.05, 3.63) is 249 Å². The Balaban J connectivity index is 1.14. The summed E-state index contributed by atoms with van der Waals surface area (Å²) >= 11 is 0. The van der Waals surface area contributed by atoms with Gasteiger partial charge in [0.25, 0.3) is 0 Å². The Hall–Kier alpha value is -8.18. The Labute approximate surface area is 372 Å². The molecule has 0 saturated carbocycles. The van der Waals surface area contributed by atoms with Crippen molar-refractivity contribution in [2.75, 3.05) is 0 Å². The molecule has 3 heterocycles. The molecule has 64 heavy (non-hydrogen) atoms. The van der Waals surface area contributed by atoms with Gasteiger partial charge in [-0.2, -0.15) is 0 Å². The number of rotatable bonds is 7. The lowest BCUT2D eigenvalue weighted by Crippen LogP contribution is -2.74. The smallest absolute Gasteiger partial charge is 0.180 e. The quantitative estimate of drug-likeness (QED) is 0.112. The molecule has 0 aliphatic carbocycles. The number of para-hydroxylation sites is 5. The van der Waals surface area contributed by atoms with Crippen molar-refractivity contribution < 1.29 is 0 Å². The Bertz CT molecular complexity index is 3840. The number of benzene rings is 10. The van der Waals surface area contributed by atoms with E-state index in [-0.39, 0.29) is 0 Å². The van der Waals surface area contributed by atoms with E-state index in [1.807, 2.05) is 0 Å². The first kappa shape index (κ1) is 36.5. The molecule has 4 heteroatoms. The minimum absolute atomic E-state index is 1.15. The Morgan fingerprint density at radius 3 is 1.08 bits per heavy atom. The number of hydrogen-bond acceptors (Lipinski definition) is 0. The van der Waals surface area contributed by atoms with Crippen LogP contribution in [0.1, 0.15) is 0 Å². The highest BCUT2D eigenvalue weighted by molar-refractivity contribution is 7.20. The van der Waals surface area contributed by atoms with Gasteiger partial charge in [0.15, 0.2) is 8.07 Å². The molecule has 13 aromatic rings. The third kappa shape index (κ3) is 5.21. The van der Waals surface area contributed by atoms with Crippen LogP contribution in [0, 0.1) is 0 Å². The fourth-order valence-electron chi connectivity index (χ4n) is 11.1. The minimum atomic E-state index is -3.09. The average Bonchev–Trinajstić information content (AvgIpc) is 4.02. The van der Waals surface area contributed by atoms with E-state index in [0.717, 1.165) is 17.1 Å². The van der Waals surface area contributed by atoms with Crippen LogP contribution in [0.3, 0.4) is 0 Å². The predicted octanol–water partition coefficient (Wildman–Crippen LogP) is 12.4. The topological polar surface area (TPSA) is 14.8 Å². The van der Waals surface area contributed by atoms with Gasteiger partial charge < -0.3 is 13.7 Å². The van der Waals surface area contributed by atoms with Gasteiger partial charge in [0.05, 0.1) is 33.1 Å². The molecule has 0 saturated heterocycles. The molecule has 300 valence electrons. The van der Waals surface area contributed by atoms with E-state index < -0.39 is 8.07 Å². The molecule has 0 amide bonds. The first-order chi connectivity index (χ1) is 31.8. The largest absolute Gasteiger partial charge is 0.309 e. The maximum Gasteiger partial charge on any atom is 0.180 e. The van der Waals surface area contributed by atoms with Crippen LogP contribution in [0.4, 0.5) is 0 Å². The van der Waals surface area contributed by atoms with Crippen molar-refractivity contribution in [3.63, 3.8) is 0 Å². The summed E-state index contributed by atoms with van der Waals surface area (Å²) in [4.78, 5) is 0. The molecule has 13 rings (SSSR count). The summed E-state index contributed by atoms with van der Waals surface area (Å²) in [5.74, 6) is 0. The van der Waals surface area contributed by atoms with E-state index in [9.17, 15) is 0 Å². The van der Waals surface area contributed by atoms with Crippen LogP contribution in [0.2, 0.25) is 0 Å². The summed E-state index contributed by atoms with van der Waals surface area (Å²) in [5, 5.41) is 13.0. The SMILES string of the molecule is c1ccc(-n2c3ccccc3c3c([Si](c4ccccc4)(c4ccccc4)c4cccc(-n5c6ccccc6c6c7c8ccccc8n(-c8ccccc8)c7ccc65)c4)cccc32)cc1. The summed E-state index contributed by atoms with van der Waals surface area (Å²) in [6.45, 7) is 0.